The van der Waals surface area contributed by atoms with E-state index in [1.165, 1.54) is 0 Å². The lowest BCUT2D eigenvalue weighted by Crippen LogP contribution is -2.10. The Kier molecular flexibility index (Phi) is 4.83. The van der Waals surface area contributed by atoms with Crippen LogP contribution in [0.25, 0.3) is 0 Å². The molecule has 0 radical (unpaired) electrons. The first-order valence-electron chi connectivity index (χ1n) is 3.57. The SMILES string of the molecule is O=CC(CCC(=O)O)CP(=O)(O)O. The second kappa shape index (κ2) is 5.11. The zero-order valence-corrected chi connectivity index (χ0v) is 7.68. The van der Waals surface area contributed by atoms with Gasteiger partial charge in [0.25, 0.3) is 0 Å². The maximum absolute atomic E-state index is 10.4. The van der Waals surface area contributed by atoms with Crippen molar-refractivity contribution in [3.05, 3.63) is 0 Å². The van der Waals surface area contributed by atoms with Crippen LogP contribution in [0.5, 0.6) is 0 Å². The number of rotatable bonds is 6. The lowest BCUT2D eigenvalue weighted by Gasteiger charge is -2.09. The second-order valence-corrected chi connectivity index (χ2v) is 4.37. The van der Waals surface area contributed by atoms with Crippen molar-refractivity contribution in [1.82, 2.24) is 0 Å². The lowest BCUT2D eigenvalue weighted by molar-refractivity contribution is -0.137. The van der Waals surface area contributed by atoms with Gasteiger partial charge in [-0.1, -0.05) is 0 Å². The monoisotopic (exact) mass is 210 g/mol. The van der Waals surface area contributed by atoms with Gasteiger partial charge in [0.1, 0.15) is 6.29 Å². The van der Waals surface area contributed by atoms with E-state index < -0.39 is 25.6 Å². The molecule has 7 heteroatoms. The first kappa shape index (κ1) is 12.3. The fourth-order valence-corrected chi connectivity index (χ4v) is 1.70. The van der Waals surface area contributed by atoms with Crippen molar-refractivity contribution < 1.29 is 29.0 Å². The molecule has 76 valence electrons. The Morgan fingerprint density at radius 2 is 2.00 bits per heavy atom. The summed E-state index contributed by atoms with van der Waals surface area (Å²) in [5.74, 6) is -1.96. The number of carboxylic acid groups (broad SMARTS) is 1. The summed E-state index contributed by atoms with van der Waals surface area (Å²) in [5.41, 5.74) is 0. The molecule has 1 atom stereocenters. The van der Waals surface area contributed by atoms with E-state index >= 15 is 0 Å². The van der Waals surface area contributed by atoms with E-state index in [0.717, 1.165) is 0 Å². The quantitative estimate of drug-likeness (QED) is 0.415. The summed E-state index contributed by atoms with van der Waals surface area (Å²) < 4.78 is 10.4. The molecule has 0 aromatic rings. The van der Waals surface area contributed by atoms with Crippen LogP contribution in [-0.4, -0.2) is 33.3 Å². The van der Waals surface area contributed by atoms with Gasteiger partial charge in [-0.15, -0.1) is 0 Å². The normalized spacial score (nSPS) is 13.7. The third-order valence-electron chi connectivity index (χ3n) is 1.39. The Bertz CT molecular complexity index is 231. The summed E-state index contributed by atoms with van der Waals surface area (Å²) in [6.45, 7) is 0. The highest BCUT2D eigenvalue weighted by molar-refractivity contribution is 7.51. The number of aliphatic carboxylic acids is 1. The molecular weight excluding hydrogens is 199 g/mol. The number of aldehydes is 1. The molecule has 0 spiro atoms. The van der Waals surface area contributed by atoms with Crippen LogP contribution < -0.4 is 0 Å². The molecule has 3 N–H and O–H groups in total. The Labute approximate surface area is 74.7 Å². The van der Waals surface area contributed by atoms with E-state index in [4.69, 9.17) is 14.9 Å². The zero-order chi connectivity index (χ0) is 10.5. The molecular formula is C6H11O6P. The number of carbonyl (C=O) groups excluding carboxylic acids is 1. The largest absolute Gasteiger partial charge is 0.481 e. The van der Waals surface area contributed by atoms with Gasteiger partial charge in [0, 0.05) is 12.3 Å². The molecule has 0 heterocycles. The van der Waals surface area contributed by atoms with Crippen molar-refractivity contribution in [3.63, 3.8) is 0 Å². The topological polar surface area (TPSA) is 112 Å². The van der Waals surface area contributed by atoms with Crippen molar-refractivity contribution >= 4 is 19.9 Å². The van der Waals surface area contributed by atoms with E-state index in [2.05, 4.69) is 0 Å². The molecule has 0 rings (SSSR count). The van der Waals surface area contributed by atoms with Crippen molar-refractivity contribution in [1.29, 1.82) is 0 Å². The van der Waals surface area contributed by atoms with E-state index in [0.29, 0.717) is 6.29 Å². The molecule has 0 saturated heterocycles. The first-order valence-corrected chi connectivity index (χ1v) is 5.36. The zero-order valence-electron chi connectivity index (χ0n) is 6.79. The molecule has 0 aliphatic heterocycles. The number of carboxylic acids is 1. The van der Waals surface area contributed by atoms with Gasteiger partial charge < -0.3 is 19.7 Å². The van der Waals surface area contributed by atoms with Gasteiger partial charge in [-0.3, -0.25) is 9.36 Å². The molecule has 0 aromatic heterocycles. The third-order valence-corrected chi connectivity index (χ3v) is 2.34. The maximum atomic E-state index is 10.4. The summed E-state index contributed by atoms with van der Waals surface area (Å²) in [4.78, 5) is 37.3. The van der Waals surface area contributed by atoms with Crippen molar-refractivity contribution in [2.75, 3.05) is 6.16 Å². The summed E-state index contributed by atoms with van der Waals surface area (Å²) in [7, 11) is -4.22. The first-order chi connectivity index (χ1) is 5.85. The molecule has 6 nitrogen and oxygen atoms in total. The third kappa shape index (κ3) is 7.64. The molecule has 1 unspecified atom stereocenters. The van der Waals surface area contributed by atoms with Crippen LogP contribution in [-0.2, 0) is 14.2 Å². The predicted octanol–water partition coefficient (Wildman–Crippen LogP) is -0.156. The summed E-state index contributed by atoms with van der Waals surface area (Å²) in [6, 6.07) is 0. The van der Waals surface area contributed by atoms with Crippen LogP contribution in [0.4, 0.5) is 0 Å². The minimum Gasteiger partial charge on any atom is -0.481 e. The number of hydrogen-bond acceptors (Lipinski definition) is 3. The molecule has 0 fully saturated rings. The van der Waals surface area contributed by atoms with Gasteiger partial charge in [-0.05, 0) is 6.42 Å². The van der Waals surface area contributed by atoms with Crippen LogP contribution in [0, 0.1) is 5.92 Å². The maximum Gasteiger partial charge on any atom is 0.326 e. The van der Waals surface area contributed by atoms with Gasteiger partial charge >= 0.3 is 13.6 Å². The Morgan fingerprint density at radius 1 is 1.46 bits per heavy atom. The summed E-state index contributed by atoms with van der Waals surface area (Å²) >= 11 is 0. The molecule has 13 heavy (non-hydrogen) atoms. The van der Waals surface area contributed by atoms with Gasteiger partial charge in [-0.25, -0.2) is 0 Å². The average molecular weight is 210 g/mol. The molecule has 0 bridgehead atoms. The van der Waals surface area contributed by atoms with Crippen LogP contribution in [0.1, 0.15) is 12.8 Å². The van der Waals surface area contributed by atoms with Crippen LogP contribution in [0.15, 0.2) is 0 Å². The number of hydrogen-bond donors (Lipinski definition) is 3. The molecule has 0 aliphatic carbocycles. The van der Waals surface area contributed by atoms with Crippen LogP contribution in [0.3, 0.4) is 0 Å². The Hall–Kier alpha value is -0.710. The Morgan fingerprint density at radius 3 is 2.31 bits per heavy atom. The van der Waals surface area contributed by atoms with Gasteiger partial charge in [0.2, 0.25) is 0 Å². The van der Waals surface area contributed by atoms with Gasteiger partial charge in [0.15, 0.2) is 0 Å². The average Bonchev–Trinajstić information content (AvgIpc) is 1.95. The Balaban J connectivity index is 3.97. The number of carbonyl (C=O) groups is 2. The summed E-state index contributed by atoms with van der Waals surface area (Å²) in [5, 5.41) is 8.25. The highest BCUT2D eigenvalue weighted by atomic mass is 31.2. The molecule has 0 aromatic carbocycles. The lowest BCUT2D eigenvalue weighted by atomic mass is 10.1. The van der Waals surface area contributed by atoms with Gasteiger partial charge in [0.05, 0.1) is 6.16 Å². The molecule has 0 amide bonds. The fraction of sp³-hybridized carbons (Fsp3) is 0.667. The second-order valence-electron chi connectivity index (χ2n) is 2.68. The van der Waals surface area contributed by atoms with Crippen molar-refractivity contribution in [2.45, 2.75) is 12.8 Å². The van der Waals surface area contributed by atoms with Crippen LogP contribution >= 0.6 is 7.60 Å². The smallest absolute Gasteiger partial charge is 0.326 e. The standard InChI is InChI=1S/C6H11O6P/c7-3-5(1-2-6(8)9)4-13(10,11)12/h3,5H,1-2,4H2,(H,8,9)(H2,10,11,12). The predicted molar refractivity (Wildman–Crippen MR) is 43.3 cm³/mol. The highest BCUT2D eigenvalue weighted by Crippen LogP contribution is 2.37. The van der Waals surface area contributed by atoms with Crippen molar-refractivity contribution in [3.8, 4) is 0 Å². The highest BCUT2D eigenvalue weighted by Gasteiger charge is 2.21. The van der Waals surface area contributed by atoms with E-state index in [9.17, 15) is 14.2 Å². The minimum absolute atomic E-state index is 0.0378. The molecule has 0 aliphatic rings. The minimum atomic E-state index is -4.22. The van der Waals surface area contributed by atoms with E-state index in [-0.39, 0.29) is 12.8 Å². The van der Waals surface area contributed by atoms with Gasteiger partial charge in [-0.2, -0.15) is 0 Å². The van der Waals surface area contributed by atoms with E-state index in [1.807, 2.05) is 0 Å². The van der Waals surface area contributed by atoms with E-state index in [1.54, 1.807) is 0 Å². The van der Waals surface area contributed by atoms with Crippen molar-refractivity contribution in [2.24, 2.45) is 5.92 Å². The summed E-state index contributed by atoms with van der Waals surface area (Å²) in [6.07, 6.45) is -0.501. The molecule has 0 saturated carbocycles. The fourth-order valence-electron chi connectivity index (χ4n) is 0.817. The van der Waals surface area contributed by atoms with Crippen LogP contribution in [0.2, 0.25) is 0 Å².